The molecule has 0 radical (unpaired) electrons. The molecular formula is C14H18N4O2. The van der Waals surface area contributed by atoms with E-state index in [1.54, 1.807) is 26.1 Å². The van der Waals surface area contributed by atoms with Crippen LogP contribution in [0.4, 0.5) is 5.82 Å². The largest absolute Gasteiger partial charge is 0.497 e. The monoisotopic (exact) mass is 274 g/mol. The van der Waals surface area contributed by atoms with Crippen molar-refractivity contribution in [2.24, 2.45) is 7.05 Å². The molecule has 1 amide bonds. The summed E-state index contributed by atoms with van der Waals surface area (Å²) in [6.07, 6.45) is 1.49. The van der Waals surface area contributed by atoms with Gasteiger partial charge in [-0.25, -0.2) is 0 Å². The van der Waals surface area contributed by atoms with Crippen LogP contribution in [0, 0.1) is 0 Å². The van der Waals surface area contributed by atoms with Crippen molar-refractivity contribution in [2.45, 2.75) is 6.54 Å². The van der Waals surface area contributed by atoms with Crippen LogP contribution in [-0.4, -0.2) is 34.7 Å². The lowest BCUT2D eigenvalue weighted by Crippen LogP contribution is -2.26. The van der Waals surface area contributed by atoms with Gasteiger partial charge in [-0.2, -0.15) is 5.10 Å². The van der Waals surface area contributed by atoms with Crippen LogP contribution in [0.1, 0.15) is 15.9 Å². The SMILES string of the molecule is COc1ccc(CN(C)C(=O)c2cnn(C)c2N)cc1. The van der Waals surface area contributed by atoms with Crippen molar-refractivity contribution in [3.05, 3.63) is 41.6 Å². The smallest absolute Gasteiger partial charge is 0.259 e. The Balaban J connectivity index is 2.09. The first kappa shape index (κ1) is 13.9. The summed E-state index contributed by atoms with van der Waals surface area (Å²) < 4.78 is 6.58. The van der Waals surface area contributed by atoms with Crippen molar-refractivity contribution in [3.8, 4) is 5.75 Å². The molecule has 0 aliphatic rings. The molecule has 1 aromatic carbocycles. The lowest BCUT2D eigenvalue weighted by atomic mass is 10.2. The number of carbonyl (C=O) groups excluding carboxylic acids is 1. The molecule has 2 rings (SSSR count). The number of nitrogen functional groups attached to an aromatic ring is 1. The van der Waals surface area contributed by atoms with Gasteiger partial charge in [0.15, 0.2) is 0 Å². The van der Waals surface area contributed by atoms with E-state index in [4.69, 9.17) is 10.5 Å². The summed E-state index contributed by atoms with van der Waals surface area (Å²) in [6, 6.07) is 7.59. The molecule has 0 saturated carbocycles. The van der Waals surface area contributed by atoms with Crippen molar-refractivity contribution < 1.29 is 9.53 Å². The van der Waals surface area contributed by atoms with Crippen LogP contribution in [0.25, 0.3) is 0 Å². The summed E-state index contributed by atoms with van der Waals surface area (Å²) in [6.45, 7) is 0.497. The number of aryl methyl sites for hydroxylation is 1. The molecule has 0 fully saturated rings. The molecule has 0 bridgehead atoms. The summed E-state index contributed by atoms with van der Waals surface area (Å²) in [5.41, 5.74) is 7.25. The second-order valence-electron chi connectivity index (χ2n) is 4.58. The highest BCUT2D eigenvalue weighted by Crippen LogP contribution is 2.16. The zero-order valence-electron chi connectivity index (χ0n) is 11.8. The Morgan fingerprint density at radius 1 is 1.40 bits per heavy atom. The van der Waals surface area contributed by atoms with Gasteiger partial charge in [-0.15, -0.1) is 0 Å². The standard InChI is InChI=1S/C14H18N4O2/c1-17(9-10-4-6-11(20-3)7-5-10)14(19)12-8-16-18(2)13(12)15/h4-8H,9,15H2,1-3H3. The number of amides is 1. The van der Waals surface area contributed by atoms with Gasteiger partial charge in [0.2, 0.25) is 0 Å². The van der Waals surface area contributed by atoms with E-state index in [2.05, 4.69) is 5.10 Å². The summed E-state index contributed by atoms with van der Waals surface area (Å²) in [5.74, 6) is 1.02. The number of nitrogens with zero attached hydrogens (tertiary/aromatic N) is 3. The van der Waals surface area contributed by atoms with Crippen molar-refractivity contribution in [2.75, 3.05) is 19.9 Å². The zero-order valence-corrected chi connectivity index (χ0v) is 11.8. The van der Waals surface area contributed by atoms with E-state index in [9.17, 15) is 4.79 Å². The fraction of sp³-hybridized carbons (Fsp3) is 0.286. The third-order valence-corrected chi connectivity index (χ3v) is 3.14. The Kier molecular flexibility index (Phi) is 3.93. The quantitative estimate of drug-likeness (QED) is 0.911. The second kappa shape index (κ2) is 5.64. The molecular weight excluding hydrogens is 256 g/mol. The van der Waals surface area contributed by atoms with Gasteiger partial charge in [0.05, 0.1) is 13.3 Å². The molecule has 6 heteroatoms. The molecule has 0 aliphatic carbocycles. The predicted octanol–water partition coefficient (Wildman–Crippen LogP) is 1.28. The van der Waals surface area contributed by atoms with Crippen molar-refractivity contribution >= 4 is 11.7 Å². The summed E-state index contributed by atoms with van der Waals surface area (Å²) in [7, 11) is 5.06. The molecule has 0 unspecified atom stereocenters. The number of rotatable bonds is 4. The van der Waals surface area contributed by atoms with Crippen LogP contribution in [-0.2, 0) is 13.6 Å². The maximum absolute atomic E-state index is 12.3. The molecule has 20 heavy (non-hydrogen) atoms. The normalized spacial score (nSPS) is 10.3. The molecule has 6 nitrogen and oxygen atoms in total. The number of carbonyl (C=O) groups is 1. The first-order valence-electron chi connectivity index (χ1n) is 6.18. The van der Waals surface area contributed by atoms with Gasteiger partial charge in [-0.1, -0.05) is 12.1 Å². The summed E-state index contributed by atoms with van der Waals surface area (Å²) >= 11 is 0. The molecule has 1 heterocycles. The van der Waals surface area contributed by atoms with Crippen LogP contribution < -0.4 is 10.5 Å². The Labute approximate surface area is 117 Å². The minimum absolute atomic E-state index is 0.147. The molecule has 2 N–H and O–H groups in total. The Morgan fingerprint density at radius 3 is 2.55 bits per heavy atom. The summed E-state index contributed by atoms with van der Waals surface area (Å²) in [4.78, 5) is 13.9. The number of benzene rings is 1. The fourth-order valence-corrected chi connectivity index (χ4v) is 1.89. The van der Waals surface area contributed by atoms with Crippen LogP contribution in [0.2, 0.25) is 0 Å². The predicted molar refractivity (Wildman–Crippen MR) is 76.4 cm³/mol. The molecule has 2 aromatic rings. The molecule has 1 aromatic heterocycles. The van der Waals surface area contributed by atoms with Crippen molar-refractivity contribution in [3.63, 3.8) is 0 Å². The van der Waals surface area contributed by atoms with E-state index in [1.807, 2.05) is 24.3 Å². The Morgan fingerprint density at radius 2 is 2.05 bits per heavy atom. The van der Waals surface area contributed by atoms with E-state index in [0.29, 0.717) is 17.9 Å². The van der Waals surface area contributed by atoms with Gasteiger partial charge in [0, 0.05) is 20.6 Å². The minimum atomic E-state index is -0.147. The van der Waals surface area contributed by atoms with Crippen LogP contribution in [0.15, 0.2) is 30.5 Å². The van der Waals surface area contributed by atoms with Crippen LogP contribution in [0.5, 0.6) is 5.75 Å². The van der Waals surface area contributed by atoms with Gasteiger partial charge in [0.1, 0.15) is 17.1 Å². The van der Waals surface area contributed by atoms with Crippen LogP contribution in [0.3, 0.4) is 0 Å². The topological polar surface area (TPSA) is 73.4 Å². The molecule has 0 aliphatic heterocycles. The lowest BCUT2D eigenvalue weighted by molar-refractivity contribution is 0.0786. The van der Waals surface area contributed by atoms with Gasteiger partial charge in [0.25, 0.3) is 5.91 Å². The summed E-state index contributed by atoms with van der Waals surface area (Å²) in [5, 5.41) is 3.98. The average Bonchev–Trinajstić information content (AvgIpc) is 2.79. The Bertz CT molecular complexity index is 604. The van der Waals surface area contributed by atoms with E-state index < -0.39 is 0 Å². The molecule has 0 spiro atoms. The number of ether oxygens (including phenoxy) is 1. The van der Waals surface area contributed by atoms with E-state index in [1.165, 1.54) is 10.9 Å². The molecule has 0 saturated heterocycles. The van der Waals surface area contributed by atoms with Crippen molar-refractivity contribution in [1.82, 2.24) is 14.7 Å². The minimum Gasteiger partial charge on any atom is -0.497 e. The number of nitrogens with two attached hydrogens (primary N) is 1. The number of hydrogen-bond donors (Lipinski definition) is 1. The highest BCUT2D eigenvalue weighted by atomic mass is 16.5. The zero-order chi connectivity index (χ0) is 14.7. The van der Waals surface area contributed by atoms with Crippen LogP contribution >= 0.6 is 0 Å². The second-order valence-corrected chi connectivity index (χ2v) is 4.58. The highest BCUT2D eigenvalue weighted by Gasteiger charge is 2.17. The number of aromatic nitrogens is 2. The average molecular weight is 274 g/mol. The number of methoxy groups -OCH3 is 1. The van der Waals surface area contributed by atoms with Gasteiger partial charge in [-0.3, -0.25) is 9.48 Å². The van der Waals surface area contributed by atoms with E-state index in [0.717, 1.165) is 11.3 Å². The first-order valence-corrected chi connectivity index (χ1v) is 6.18. The fourth-order valence-electron chi connectivity index (χ4n) is 1.89. The maximum Gasteiger partial charge on any atom is 0.259 e. The highest BCUT2D eigenvalue weighted by molar-refractivity contribution is 5.98. The Hall–Kier alpha value is -2.50. The van der Waals surface area contributed by atoms with Gasteiger partial charge >= 0.3 is 0 Å². The third kappa shape index (κ3) is 2.74. The van der Waals surface area contributed by atoms with Crippen molar-refractivity contribution in [1.29, 1.82) is 0 Å². The van der Waals surface area contributed by atoms with Gasteiger partial charge < -0.3 is 15.4 Å². The van der Waals surface area contributed by atoms with Gasteiger partial charge in [-0.05, 0) is 17.7 Å². The molecule has 0 atom stereocenters. The molecule has 106 valence electrons. The lowest BCUT2D eigenvalue weighted by Gasteiger charge is -2.17. The number of hydrogen-bond acceptors (Lipinski definition) is 4. The van der Waals surface area contributed by atoms with E-state index >= 15 is 0 Å². The van der Waals surface area contributed by atoms with E-state index in [-0.39, 0.29) is 5.91 Å². The third-order valence-electron chi connectivity index (χ3n) is 3.14. The number of anilines is 1. The first-order chi connectivity index (χ1) is 9.52. The maximum atomic E-state index is 12.3.